The summed E-state index contributed by atoms with van der Waals surface area (Å²) in [6, 6.07) is 2.61. The number of aryl methyl sites for hydroxylation is 1. The van der Waals surface area contributed by atoms with E-state index >= 15 is 0 Å². The summed E-state index contributed by atoms with van der Waals surface area (Å²) in [7, 11) is 0. The molecular weight excluding hydrogens is 262 g/mol. The van der Waals surface area contributed by atoms with Crippen molar-refractivity contribution in [1.82, 2.24) is 10.2 Å². The monoisotopic (exact) mass is 287 g/mol. The Labute approximate surface area is 127 Å². The van der Waals surface area contributed by atoms with Gasteiger partial charge in [-0.3, -0.25) is 0 Å². The molecule has 114 valence electrons. The number of hydrogen-bond acceptors (Lipinski definition) is 5. The minimum Gasteiger partial charge on any atom is -0.354 e. The maximum Gasteiger partial charge on any atom is 0.169 e. The molecule has 0 aromatic carbocycles. The molecule has 0 amide bonds. The van der Waals surface area contributed by atoms with Crippen LogP contribution < -0.4 is 10.6 Å². The molecule has 0 spiro atoms. The average Bonchev–Trinajstić information content (AvgIpc) is 2.53. The van der Waals surface area contributed by atoms with Gasteiger partial charge in [0, 0.05) is 19.1 Å². The van der Waals surface area contributed by atoms with Gasteiger partial charge in [-0.2, -0.15) is 10.4 Å². The van der Waals surface area contributed by atoms with Crippen molar-refractivity contribution < 1.29 is 0 Å². The van der Waals surface area contributed by atoms with Crippen LogP contribution in [0.15, 0.2) is 0 Å². The second kappa shape index (κ2) is 6.86. The molecule has 2 rings (SSSR count). The maximum absolute atomic E-state index is 9.59. The number of rotatable bonds is 4. The fourth-order valence-corrected chi connectivity index (χ4v) is 3.18. The number of nitrogens with two attached hydrogens (primary N) is 1. The van der Waals surface area contributed by atoms with E-state index in [1.165, 1.54) is 0 Å². The molecule has 21 heavy (non-hydrogen) atoms. The molecule has 1 fully saturated rings. The third-order valence-electron chi connectivity index (χ3n) is 4.56. The summed E-state index contributed by atoms with van der Waals surface area (Å²) in [5.74, 6) is 1.21. The second-order valence-electron chi connectivity index (χ2n) is 5.71. The first-order chi connectivity index (χ1) is 10.2. The topological polar surface area (TPSA) is 78.8 Å². The molecule has 2 unspecified atom stereocenters. The predicted octanol–water partition coefficient (Wildman–Crippen LogP) is 2.04. The lowest BCUT2D eigenvalue weighted by molar-refractivity contribution is 0.346. The van der Waals surface area contributed by atoms with Crippen molar-refractivity contribution in [3.8, 4) is 6.07 Å². The summed E-state index contributed by atoms with van der Waals surface area (Å²) in [5.41, 5.74) is 8.87. The Hall–Kier alpha value is -1.67. The summed E-state index contributed by atoms with van der Waals surface area (Å²) >= 11 is 0. The van der Waals surface area contributed by atoms with Crippen molar-refractivity contribution in [1.29, 1.82) is 5.26 Å². The van der Waals surface area contributed by atoms with Crippen LogP contribution in [0.4, 0.5) is 5.82 Å². The van der Waals surface area contributed by atoms with Crippen LogP contribution in [-0.2, 0) is 12.8 Å². The summed E-state index contributed by atoms with van der Waals surface area (Å²) < 4.78 is 0. The molecule has 5 heteroatoms. The first kappa shape index (κ1) is 15.7. The Morgan fingerprint density at radius 3 is 2.62 bits per heavy atom. The van der Waals surface area contributed by atoms with Gasteiger partial charge in [0.05, 0.1) is 5.69 Å². The fraction of sp³-hybridized carbons (Fsp3) is 0.688. The van der Waals surface area contributed by atoms with Crippen molar-refractivity contribution in [2.45, 2.75) is 52.5 Å². The largest absolute Gasteiger partial charge is 0.354 e. The van der Waals surface area contributed by atoms with Crippen molar-refractivity contribution in [3.63, 3.8) is 0 Å². The zero-order valence-corrected chi connectivity index (χ0v) is 13.3. The third kappa shape index (κ3) is 3.01. The number of aromatic nitrogens is 2. The van der Waals surface area contributed by atoms with Crippen LogP contribution >= 0.6 is 0 Å². The van der Waals surface area contributed by atoms with E-state index in [1.54, 1.807) is 0 Å². The fourth-order valence-electron chi connectivity index (χ4n) is 3.18. The predicted molar refractivity (Wildman–Crippen MR) is 84.1 cm³/mol. The smallest absolute Gasteiger partial charge is 0.169 e. The molecule has 0 radical (unpaired) electrons. The van der Waals surface area contributed by atoms with Crippen molar-refractivity contribution in [2.75, 3.05) is 18.0 Å². The van der Waals surface area contributed by atoms with Gasteiger partial charge in [0.1, 0.15) is 11.6 Å². The van der Waals surface area contributed by atoms with Gasteiger partial charge in [0.25, 0.3) is 0 Å². The van der Waals surface area contributed by atoms with E-state index in [0.29, 0.717) is 11.5 Å². The maximum atomic E-state index is 9.59. The lowest BCUT2D eigenvalue weighted by Crippen LogP contribution is -2.47. The summed E-state index contributed by atoms with van der Waals surface area (Å²) in [6.45, 7) is 8.02. The number of piperidine rings is 1. The van der Waals surface area contributed by atoms with Crippen LogP contribution in [0, 0.1) is 17.2 Å². The van der Waals surface area contributed by atoms with E-state index in [0.717, 1.165) is 55.8 Å². The lowest BCUT2D eigenvalue weighted by Gasteiger charge is -2.37. The molecule has 0 aliphatic carbocycles. The highest BCUT2D eigenvalue weighted by molar-refractivity contribution is 5.58. The van der Waals surface area contributed by atoms with Gasteiger partial charge in [-0.05, 0) is 30.7 Å². The van der Waals surface area contributed by atoms with Gasteiger partial charge in [-0.15, -0.1) is 5.10 Å². The van der Waals surface area contributed by atoms with Crippen LogP contribution in [0.25, 0.3) is 0 Å². The Morgan fingerprint density at radius 2 is 2.05 bits per heavy atom. The van der Waals surface area contributed by atoms with Gasteiger partial charge in [0.2, 0.25) is 0 Å². The first-order valence-corrected chi connectivity index (χ1v) is 7.95. The lowest BCUT2D eigenvalue weighted by atomic mass is 9.90. The van der Waals surface area contributed by atoms with Gasteiger partial charge >= 0.3 is 0 Å². The number of nitrogens with zero attached hydrogens (tertiary/aromatic N) is 4. The first-order valence-electron chi connectivity index (χ1n) is 7.95. The Balaban J connectivity index is 2.38. The Bertz CT molecular complexity index is 534. The zero-order valence-electron chi connectivity index (χ0n) is 13.3. The normalized spacial score (nSPS) is 22.1. The van der Waals surface area contributed by atoms with Crippen LogP contribution in [0.3, 0.4) is 0 Å². The Kier molecular flexibility index (Phi) is 5.13. The van der Waals surface area contributed by atoms with E-state index < -0.39 is 0 Å². The van der Waals surface area contributed by atoms with Crippen molar-refractivity contribution in [2.24, 2.45) is 11.7 Å². The SMILES string of the molecule is CCc1nnc(N2CCC(N)C(CC)C2)c(C#N)c1CC. The summed E-state index contributed by atoms with van der Waals surface area (Å²) in [5, 5.41) is 18.3. The molecule has 1 aromatic rings. The van der Waals surface area contributed by atoms with Crippen molar-refractivity contribution >= 4 is 5.82 Å². The number of nitriles is 1. The van der Waals surface area contributed by atoms with E-state index in [2.05, 4.69) is 41.9 Å². The second-order valence-corrected chi connectivity index (χ2v) is 5.71. The molecule has 2 heterocycles. The van der Waals surface area contributed by atoms with Gasteiger partial charge < -0.3 is 10.6 Å². The van der Waals surface area contributed by atoms with Gasteiger partial charge in [0.15, 0.2) is 5.82 Å². The molecular formula is C16H25N5. The Morgan fingerprint density at radius 1 is 1.29 bits per heavy atom. The van der Waals surface area contributed by atoms with Gasteiger partial charge in [-0.25, -0.2) is 0 Å². The average molecular weight is 287 g/mol. The highest BCUT2D eigenvalue weighted by atomic mass is 15.3. The van der Waals surface area contributed by atoms with E-state index in [9.17, 15) is 5.26 Å². The summed E-state index contributed by atoms with van der Waals surface area (Å²) in [4.78, 5) is 2.20. The van der Waals surface area contributed by atoms with Crippen LogP contribution in [0.2, 0.25) is 0 Å². The molecule has 1 aliphatic heterocycles. The molecule has 1 aromatic heterocycles. The van der Waals surface area contributed by atoms with Crippen LogP contribution in [0.5, 0.6) is 0 Å². The van der Waals surface area contributed by atoms with Crippen LogP contribution in [0.1, 0.15) is 50.4 Å². The number of anilines is 1. The third-order valence-corrected chi connectivity index (χ3v) is 4.56. The molecule has 0 bridgehead atoms. The van der Waals surface area contributed by atoms with E-state index in [1.807, 2.05) is 0 Å². The highest BCUT2D eigenvalue weighted by Crippen LogP contribution is 2.28. The molecule has 1 aliphatic rings. The summed E-state index contributed by atoms with van der Waals surface area (Å²) in [6.07, 6.45) is 3.63. The molecule has 2 atom stereocenters. The van der Waals surface area contributed by atoms with E-state index in [4.69, 9.17) is 5.73 Å². The quantitative estimate of drug-likeness (QED) is 0.916. The minimum absolute atomic E-state index is 0.255. The van der Waals surface area contributed by atoms with E-state index in [-0.39, 0.29) is 6.04 Å². The minimum atomic E-state index is 0.255. The van der Waals surface area contributed by atoms with Crippen LogP contribution in [-0.4, -0.2) is 29.3 Å². The molecule has 1 saturated heterocycles. The van der Waals surface area contributed by atoms with Crippen molar-refractivity contribution in [3.05, 3.63) is 16.8 Å². The molecule has 2 N–H and O–H groups in total. The molecule has 0 saturated carbocycles. The van der Waals surface area contributed by atoms with Gasteiger partial charge in [-0.1, -0.05) is 27.2 Å². The molecule has 5 nitrogen and oxygen atoms in total. The zero-order chi connectivity index (χ0) is 15.4. The number of hydrogen-bond donors (Lipinski definition) is 1. The standard InChI is InChI=1S/C16H25N5/c1-4-11-10-21(8-7-14(11)18)16-13(9-17)12(5-2)15(6-3)19-20-16/h11,14H,4-8,10,18H2,1-3H3. The highest BCUT2D eigenvalue weighted by Gasteiger charge is 2.28.